The molecule has 2 aromatic carbocycles. The molecule has 0 aliphatic carbocycles. The van der Waals surface area contributed by atoms with Gasteiger partial charge in [-0.25, -0.2) is 0 Å². The van der Waals surface area contributed by atoms with Crippen LogP contribution in [0.3, 0.4) is 0 Å². The Hall–Kier alpha value is -3.48. The molecule has 1 heterocycles. The van der Waals surface area contributed by atoms with E-state index in [1.165, 1.54) is 19.1 Å². The summed E-state index contributed by atoms with van der Waals surface area (Å²) in [6.07, 6.45) is -1.09. The van der Waals surface area contributed by atoms with Crippen molar-refractivity contribution in [1.82, 2.24) is 4.90 Å². The predicted molar refractivity (Wildman–Crippen MR) is 111 cm³/mol. The molecule has 2 aromatic rings. The fourth-order valence-corrected chi connectivity index (χ4v) is 3.37. The number of imide groups is 1. The third-order valence-corrected chi connectivity index (χ3v) is 5.02. The van der Waals surface area contributed by atoms with Crippen LogP contribution in [0.15, 0.2) is 42.5 Å². The van der Waals surface area contributed by atoms with Gasteiger partial charge in [-0.3, -0.25) is 24.1 Å². The van der Waals surface area contributed by atoms with Crippen molar-refractivity contribution in [3.05, 3.63) is 64.7 Å². The van der Waals surface area contributed by atoms with E-state index < -0.39 is 36.3 Å². The first-order valence-corrected chi connectivity index (χ1v) is 9.75. The summed E-state index contributed by atoms with van der Waals surface area (Å²) < 4.78 is 5.18. The van der Waals surface area contributed by atoms with Gasteiger partial charge in [0, 0.05) is 5.69 Å². The second kappa shape index (κ2) is 8.49. The van der Waals surface area contributed by atoms with Crippen molar-refractivity contribution in [3.8, 4) is 0 Å². The van der Waals surface area contributed by atoms with E-state index in [2.05, 4.69) is 5.32 Å². The number of hydrogen-bond donors (Lipinski definition) is 1. The highest BCUT2D eigenvalue weighted by Gasteiger charge is 2.37. The molecule has 7 heteroatoms. The molecule has 0 saturated carbocycles. The van der Waals surface area contributed by atoms with E-state index in [9.17, 15) is 19.2 Å². The summed E-state index contributed by atoms with van der Waals surface area (Å²) in [6.45, 7) is 6.83. The lowest BCUT2D eigenvalue weighted by Gasteiger charge is -2.20. The Kier molecular flexibility index (Phi) is 6.01. The molecule has 0 unspecified atom stereocenters. The molecule has 0 saturated heterocycles. The van der Waals surface area contributed by atoms with Crippen LogP contribution >= 0.6 is 0 Å². The summed E-state index contributed by atoms with van der Waals surface area (Å²) in [5.74, 6) is -2.22. The average Bonchev–Trinajstić information content (AvgIpc) is 2.94. The van der Waals surface area contributed by atoms with Gasteiger partial charge in [0.15, 0.2) is 6.10 Å². The van der Waals surface area contributed by atoms with E-state index >= 15 is 0 Å². The SMILES string of the molecule is Cc1cccc(C(C)C)c1NC(=O)[C@@H](C)OC(=O)CN1C(=O)c2ccccc2C1=O. The molecule has 0 bridgehead atoms. The molecule has 1 aliphatic rings. The van der Waals surface area contributed by atoms with Crippen LogP contribution in [-0.2, 0) is 14.3 Å². The highest BCUT2D eigenvalue weighted by atomic mass is 16.5. The summed E-state index contributed by atoms with van der Waals surface area (Å²) in [5.41, 5.74) is 3.08. The van der Waals surface area contributed by atoms with Crippen LogP contribution in [-0.4, -0.2) is 41.2 Å². The maximum atomic E-state index is 12.6. The highest BCUT2D eigenvalue weighted by Crippen LogP contribution is 2.27. The number of rotatable bonds is 6. The summed E-state index contributed by atoms with van der Waals surface area (Å²) in [7, 11) is 0. The average molecular weight is 408 g/mol. The predicted octanol–water partition coefficient (Wildman–Crippen LogP) is 3.28. The summed E-state index contributed by atoms with van der Waals surface area (Å²) in [4.78, 5) is 50.4. The van der Waals surface area contributed by atoms with E-state index in [-0.39, 0.29) is 17.0 Å². The minimum atomic E-state index is -1.09. The fourth-order valence-electron chi connectivity index (χ4n) is 3.37. The standard InChI is InChI=1S/C23H24N2O5/c1-13(2)16-11-7-8-14(3)20(16)24-21(27)15(4)30-19(26)12-25-22(28)17-9-5-6-10-18(17)23(25)29/h5-11,13,15H,12H2,1-4H3,(H,24,27)/t15-/m1/s1. The van der Waals surface area contributed by atoms with E-state index in [1.54, 1.807) is 12.1 Å². The third-order valence-electron chi connectivity index (χ3n) is 5.02. The van der Waals surface area contributed by atoms with Crippen LogP contribution in [0.5, 0.6) is 0 Å². The molecule has 7 nitrogen and oxygen atoms in total. The van der Waals surface area contributed by atoms with Gasteiger partial charge in [-0.15, -0.1) is 0 Å². The molecule has 1 N–H and O–H groups in total. The summed E-state index contributed by atoms with van der Waals surface area (Å²) >= 11 is 0. The van der Waals surface area contributed by atoms with Crippen LogP contribution in [0.25, 0.3) is 0 Å². The molecule has 1 atom stereocenters. The molecule has 30 heavy (non-hydrogen) atoms. The number of hydrogen-bond acceptors (Lipinski definition) is 5. The Labute approximate surface area is 175 Å². The number of benzene rings is 2. The van der Waals surface area contributed by atoms with Crippen molar-refractivity contribution in [2.24, 2.45) is 0 Å². The lowest BCUT2D eigenvalue weighted by Crippen LogP contribution is -2.38. The number of aryl methyl sites for hydroxylation is 1. The minimum Gasteiger partial charge on any atom is -0.451 e. The maximum absolute atomic E-state index is 12.6. The van der Waals surface area contributed by atoms with E-state index in [4.69, 9.17) is 4.74 Å². The van der Waals surface area contributed by atoms with Gasteiger partial charge in [-0.05, 0) is 43.0 Å². The zero-order valence-corrected chi connectivity index (χ0v) is 17.4. The van der Waals surface area contributed by atoms with Gasteiger partial charge in [-0.2, -0.15) is 0 Å². The molecule has 1 aliphatic heterocycles. The molecule has 3 rings (SSSR count). The van der Waals surface area contributed by atoms with Crippen LogP contribution in [0.4, 0.5) is 5.69 Å². The molecule has 0 spiro atoms. The molecule has 156 valence electrons. The van der Waals surface area contributed by atoms with Crippen LogP contribution in [0, 0.1) is 6.92 Å². The highest BCUT2D eigenvalue weighted by molar-refractivity contribution is 6.22. The Balaban J connectivity index is 1.64. The summed E-state index contributed by atoms with van der Waals surface area (Å²) in [5, 5.41) is 2.83. The monoisotopic (exact) mass is 408 g/mol. The summed E-state index contributed by atoms with van der Waals surface area (Å²) in [6, 6.07) is 12.1. The second-order valence-electron chi connectivity index (χ2n) is 7.56. The molecule has 3 amide bonds. The van der Waals surface area contributed by atoms with Gasteiger partial charge in [0.25, 0.3) is 17.7 Å². The van der Waals surface area contributed by atoms with E-state index in [1.807, 2.05) is 39.0 Å². The van der Waals surface area contributed by atoms with Gasteiger partial charge in [-0.1, -0.05) is 44.2 Å². The number of esters is 1. The Bertz CT molecular complexity index is 993. The number of nitrogens with zero attached hydrogens (tertiary/aromatic N) is 1. The van der Waals surface area contributed by atoms with Gasteiger partial charge in [0.05, 0.1) is 11.1 Å². The van der Waals surface area contributed by atoms with Crippen molar-refractivity contribution in [2.45, 2.75) is 39.7 Å². The van der Waals surface area contributed by atoms with Crippen molar-refractivity contribution in [3.63, 3.8) is 0 Å². The number of para-hydroxylation sites is 1. The third kappa shape index (κ3) is 4.10. The van der Waals surface area contributed by atoms with Gasteiger partial charge >= 0.3 is 5.97 Å². The normalized spacial score (nSPS) is 14.0. The lowest BCUT2D eigenvalue weighted by atomic mass is 9.98. The molecule has 0 fully saturated rings. The second-order valence-corrected chi connectivity index (χ2v) is 7.56. The smallest absolute Gasteiger partial charge is 0.326 e. The van der Waals surface area contributed by atoms with E-state index in [0.29, 0.717) is 5.69 Å². The Morgan fingerprint density at radius 1 is 0.967 bits per heavy atom. The first-order valence-electron chi connectivity index (χ1n) is 9.75. The van der Waals surface area contributed by atoms with Crippen molar-refractivity contribution >= 4 is 29.4 Å². The van der Waals surface area contributed by atoms with Gasteiger partial charge in [0.2, 0.25) is 0 Å². The number of ether oxygens (including phenoxy) is 1. The van der Waals surface area contributed by atoms with Crippen LogP contribution < -0.4 is 5.32 Å². The number of carbonyl (C=O) groups excluding carboxylic acids is 4. The first kappa shape index (κ1) is 21.2. The van der Waals surface area contributed by atoms with Crippen molar-refractivity contribution in [2.75, 3.05) is 11.9 Å². The fraction of sp³-hybridized carbons (Fsp3) is 0.304. The van der Waals surface area contributed by atoms with E-state index in [0.717, 1.165) is 16.0 Å². The first-order chi connectivity index (χ1) is 14.2. The molecular formula is C23H24N2O5. The number of anilines is 1. The number of fused-ring (bicyclic) bond motifs is 1. The topological polar surface area (TPSA) is 92.8 Å². The quantitative estimate of drug-likeness (QED) is 0.585. The minimum absolute atomic E-state index is 0.201. The maximum Gasteiger partial charge on any atom is 0.326 e. The van der Waals surface area contributed by atoms with Crippen LogP contribution in [0.1, 0.15) is 58.5 Å². The number of amides is 3. The Morgan fingerprint density at radius 3 is 2.13 bits per heavy atom. The van der Waals surface area contributed by atoms with Crippen molar-refractivity contribution in [1.29, 1.82) is 0 Å². The zero-order chi connectivity index (χ0) is 22.0. The number of carbonyl (C=O) groups is 4. The Morgan fingerprint density at radius 2 is 1.57 bits per heavy atom. The largest absolute Gasteiger partial charge is 0.451 e. The van der Waals surface area contributed by atoms with Crippen molar-refractivity contribution < 1.29 is 23.9 Å². The number of nitrogens with one attached hydrogen (secondary N) is 1. The molecular weight excluding hydrogens is 384 g/mol. The molecule has 0 radical (unpaired) electrons. The lowest BCUT2D eigenvalue weighted by molar-refractivity contribution is -0.153. The molecule has 0 aromatic heterocycles. The van der Waals surface area contributed by atoms with Gasteiger partial charge < -0.3 is 10.1 Å². The zero-order valence-electron chi connectivity index (χ0n) is 17.4. The van der Waals surface area contributed by atoms with Crippen LogP contribution in [0.2, 0.25) is 0 Å². The van der Waals surface area contributed by atoms with Gasteiger partial charge in [0.1, 0.15) is 6.54 Å².